The number of nitrogens with zero attached hydrogens (tertiary/aromatic N) is 1. The van der Waals surface area contributed by atoms with Crippen LogP contribution in [0.4, 0.5) is 0 Å². The van der Waals surface area contributed by atoms with Gasteiger partial charge in [0.2, 0.25) is 0 Å². The fourth-order valence-corrected chi connectivity index (χ4v) is 0.722. The number of aromatic hydroxyl groups is 2. The van der Waals surface area contributed by atoms with Gasteiger partial charge < -0.3 is 35.7 Å². The van der Waals surface area contributed by atoms with Crippen molar-refractivity contribution in [3.8, 4) is 17.2 Å². The number of phenols is 2. The van der Waals surface area contributed by atoms with E-state index >= 15 is 0 Å². The smallest absolute Gasteiger partial charge is 0.867 e. The Morgan fingerprint density at radius 2 is 1.39 bits per heavy atom. The van der Waals surface area contributed by atoms with Crippen LogP contribution in [-0.4, -0.2) is 26.4 Å². The molecule has 1 aromatic carbocycles. The average molecular weight is 362 g/mol. The van der Waals surface area contributed by atoms with Crippen LogP contribution in [0.5, 0.6) is 17.2 Å². The first-order chi connectivity index (χ1) is 7.25. The molecular formula is C7H5NO8Zn2+2. The van der Waals surface area contributed by atoms with E-state index in [1.807, 2.05) is 0 Å². The van der Waals surface area contributed by atoms with E-state index in [1.165, 1.54) is 0 Å². The van der Waals surface area contributed by atoms with Gasteiger partial charge in [-0.15, -0.1) is 0 Å². The summed E-state index contributed by atoms with van der Waals surface area (Å²) < 4.78 is 0. The zero-order chi connectivity index (χ0) is 12.9. The Kier molecular flexibility index (Phi) is 11.6. The summed E-state index contributed by atoms with van der Waals surface area (Å²) in [6.07, 6.45) is 0. The molecule has 0 aromatic heterocycles. The summed E-state index contributed by atoms with van der Waals surface area (Å²) in [7, 11) is 0. The van der Waals surface area contributed by atoms with E-state index in [4.69, 9.17) is 30.6 Å². The predicted octanol–water partition coefficient (Wildman–Crippen LogP) is -0.375. The standard InChI is InChI=1S/C7H6O5.NO3.2Zn/c8-4-1-3(7(11)12)2-5(9)6(4)10;2-1(3)4;;/h1-2,8-10H,(H,11,12);;;/q;-1;2*+2/p-1. The van der Waals surface area contributed by atoms with Crippen molar-refractivity contribution < 1.29 is 69.3 Å². The number of carboxylic acid groups (broad SMARTS) is 1. The second-order valence-electron chi connectivity index (χ2n) is 2.37. The van der Waals surface area contributed by atoms with Crippen LogP contribution in [0.25, 0.3) is 0 Å². The molecule has 1 rings (SSSR count). The Morgan fingerprint density at radius 1 is 1.11 bits per heavy atom. The molecule has 0 atom stereocenters. The normalized spacial score (nSPS) is 7.78. The third-order valence-corrected chi connectivity index (χ3v) is 1.30. The molecule has 0 aliphatic heterocycles. The summed E-state index contributed by atoms with van der Waals surface area (Å²) in [6, 6.07) is 1.56. The van der Waals surface area contributed by atoms with Crippen molar-refractivity contribution in [3.05, 3.63) is 33.0 Å². The summed E-state index contributed by atoms with van der Waals surface area (Å²) in [5.41, 5.74) is -0.329. The summed E-state index contributed by atoms with van der Waals surface area (Å²) >= 11 is 0. The summed E-state index contributed by atoms with van der Waals surface area (Å²) in [5.74, 6) is -3.83. The minimum absolute atomic E-state index is 0. The molecule has 0 saturated carbocycles. The molecule has 0 radical (unpaired) electrons. The molecule has 0 aliphatic rings. The number of benzene rings is 1. The molecule has 3 N–H and O–H groups in total. The Balaban J connectivity index is -0.000000332. The zero-order valence-corrected chi connectivity index (χ0v) is 14.8. The van der Waals surface area contributed by atoms with Crippen molar-refractivity contribution in [2.24, 2.45) is 0 Å². The van der Waals surface area contributed by atoms with Gasteiger partial charge in [0.25, 0.3) is 0 Å². The Bertz CT molecular complexity index is 397. The molecule has 0 fully saturated rings. The van der Waals surface area contributed by atoms with Crippen molar-refractivity contribution in [3.63, 3.8) is 0 Å². The molecule has 0 amide bonds. The molecule has 88 valence electrons. The first kappa shape index (κ1) is 21.8. The Labute approximate surface area is 125 Å². The van der Waals surface area contributed by atoms with Gasteiger partial charge >= 0.3 is 44.9 Å². The minimum atomic E-state index is -1.75. The minimum Gasteiger partial charge on any atom is -0.867 e. The number of carboxylic acids is 1. The van der Waals surface area contributed by atoms with Gasteiger partial charge in [0, 0.05) is 0 Å². The van der Waals surface area contributed by atoms with Gasteiger partial charge in [-0.3, -0.25) is 0 Å². The van der Waals surface area contributed by atoms with Gasteiger partial charge in [-0.1, -0.05) is 0 Å². The summed E-state index contributed by atoms with van der Waals surface area (Å²) in [5, 5.41) is 51.4. The van der Waals surface area contributed by atoms with Gasteiger partial charge in [-0.25, -0.2) is 4.79 Å². The number of hydrogen-bond donors (Lipinski definition) is 3. The van der Waals surface area contributed by atoms with Crippen LogP contribution in [0.1, 0.15) is 10.4 Å². The van der Waals surface area contributed by atoms with E-state index in [0.717, 1.165) is 12.1 Å². The van der Waals surface area contributed by atoms with E-state index in [0.29, 0.717) is 0 Å². The van der Waals surface area contributed by atoms with Crippen molar-refractivity contribution >= 4 is 5.97 Å². The maximum Gasteiger partial charge on any atom is 2.00 e. The number of phenolic OH excluding ortho intramolecular Hbond substituents is 2. The molecule has 1 aromatic rings. The van der Waals surface area contributed by atoms with Crippen LogP contribution in [0, 0.1) is 15.3 Å². The third-order valence-electron chi connectivity index (χ3n) is 1.30. The van der Waals surface area contributed by atoms with Crippen molar-refractivity contribution in [1.82, 2.24) is 0 Å². The second kappa shape index (κ2) is 9.55. The Morgan fingerprint density at radius 3 is 1.61 bits per heavy atom. The molecule has 18 heavy (non-hydrogen) atoms. The number of rotatable bonds is 1. The Hall–Kier alpha value is -1.46. The molecule has 0 saturated heterocycles. The van der Waals surface area contributed by atoms with Crippen LogP contribution in [0.3, 0.4) is 0 Å². The SMILES string of the molecule is O=C(O)c1cc(O)c([O-])c(O)c1.O=[N+]([O-])[O-].[Zn+2].[Zn+2]. The topological polar surface area (TPSA) is 167 Å². The van der Waals surface area contributed by atoms with Crippen LogP contribution in [0.2, 0.25) is 0 Å². The van der Waals surface area contributed by atoms with Crippen LogP contribution >= 0.6 is 0 Å². The van der Waals surface area contributed by atoms with Crippen LogP contribution in [-0.2, 0) is 39.0 Å². The fourth-order valence-electron chi connectivity index (χ4n) is 0.722. The van der Waals surface area contributed by atoms with Gasteiger partial charge in [0.15, 0.2) is 0 Å². The van der Waals surface area contributed by atoms with E-state index in [-0.39, 0.29) is 44.5 Å². The fraction of sp³-hybridized carbons (Fsp3) is 0. The molecule has 11 heteroatoms. The monoisotopic (exact) mass is 359 g/mol. The maximum atomic E-state index is 10.7. The van der Waals surface area contributed by atoms with E-state index in [2.05, 4.69) is 0 Å². The molecule has 0 aliphatic carbocycles. The number of aromatic carboxylic acids is 1. The molecule has 9 nitrogen and oxygen atoms in total. The van der Waals surface area contributed by atoms with Gasteiger partial charge in [-0.05, 0) is 17.9 Å². The third kappa shape index (κ3) is 7.75. The van der Waals surface area contributed by atoms with Crippen molar-refractivity contribution in [1.29, 1.82) is 0 Å². The summed E-state index contributed by atoms with van der Waals surface area (Å²) in [4.78, 5) is 18.5. The molecular weight excluding hydrogens is 357 g/mol. The quantitative estimate of drug-likeness (QED) is 0.345. The number of hydrogen-bond acceptors (Lipinski definition) is 7. The first-order valence-electron chi connectivity index (χ1n) is 3.53. The molecule has 0 spiro atoms. The van der Waals surface area contributed by atoms with E-state index < -0.39 is 28.3 Å². The van der Waals surface area contributed by atoms with Crippen molar-refractivity contribution in [2.75, 3.05) is 0 Å². The number of carbonyl (C=O) groups is 1. The van der Waals surface area contributed by atoms with Crippen molar-refractivity contribution in [2.45, 2.75) is 0 Å². The molecule has 0 heterocycles. The average Bonchev–Trinajstić information content (AvgIpc) is 2.12. The molecule has 0 unspecified atom stereocenters. The first-order valence-corrected chi connectivity index (χ1v) is 3.53. The maximum absolute atomic E-state index is 10.7. The second-order valence-corrected chi connectivity index (χ2v) is 2.37. The van der Waals surface area contributed by atoms with E-state index in [9.17, 15) is 9.90 Å². The molecule has 0 bridgehead atoms. The summed E-state index contributed by atoms with van der Waals surface area (Å²) in [6.45, 7) is 0. The van der Waals surface area contributed by atoms with E-state index in [1.54, 1.807) is 0 Å². The van der Waals surface area contributed by atoms with Gasteiger partial charge in [-0.2, -0.15) is 0 Å². The van der Waals surface area contributed by atoms with Gasteiger partial charge in [0.05, 0.1) is 10.7 Å². The van der Waals surface area contributed by atoms with Gasteiger partial charge in [0.1, 0.15) is 11.5 Å². The van der Waals surface area contributed by atoms with Crippen LogP contribution < -0.4 is 5.11 Å². The predicted molar refractivity (Wildman–Crippen MR) is 46.5 cm³/mol. The largest absolute Gasteiger partial charge is 2.00 e. The van der Waals surface area contributed by atoms with Crippen LogP contribution in [0.15, 0.2) is 12.1 Å². The zero-order valence-electron chi connectivity index (χ0n) is 8.90.